The molecule has 0 aliphatic carbocycles. The van der Waals surface area contributed by atoms with Crippen LogP contribution in [0.5, 0.6) is 0 Å². The Morgan fingerprint density at radius 2 is 2.00 bits per heavy atom. The van der Waals surface area contributed by atoms with Gasteiger partial charge in [-0.1, -0.05) is 22.9 Å². The standard InChI is InChI=1S/C13H16Br2N2O3/c1-3-7(2)16-6-11(18)17-12-9(13(19)20)4-8(14)5-10(12)15/h4-5,7,16H,3,6H2,1-2H3,(H,17,18)(H,19,20). The molecule has 0 spiro atoms. The number of hydrogen-bond donors (Lipinski definition) is 3. The molecule has 1 unspecified atom stereocenters. The summed E-state index contributed by atoms with van der Waals surface area (Å²) in [7, 11) is 0. The predicted octanol–water partition coefficient (Wildman–Crippen LogP) is 3.24. The van der Waals surface area contributed by atoms with E-state index in [-0.39, 0.29) is 29.7 Å². The average Bonchev–Trinajstić information content (AvgIpc) is 2.38. The Kier molecular flexibility index (Phi) is 6.64. The molecule has 0 aliphatic heterocycles. The van der Waals surface area contributed by atoms with Gasteiger partial charge in [0, 0.05) is 15.0 Å². The number of benzene rings is 1. The molecule has 1 amide bonds. The number of carbonyl (C=O) groups excluding carboxylic acids is 1. The van der Waals surface area contributed by atoms with Crippen LogP contribution in [0.2, 0.25) is 0 Å². The Morgan fingerprint density at radius 3 is 2.55 bits per heavy atom. The Bertz CT molecular complexity index is 521. The first-order valence-electron chi connectivity index (χ1n) is 6.10. The van der Waals surface area contributed by atoms with Gasteiger partial charge in [-0.2, -0.15) is 0 Å². The summed E-state index contributed by atoms with van der Waals surface area (Å²) in [6.07, 6.45) is 0.912. The summed E-state index contributed by atoms with van der Waals surface area (Å²) in [4.78, 5) is 23.1. The molecule has 0 saturated carbocycles. The van der Waals surface area contributed by atoms with Crippen LogP contribution in [-0.4, -0.2) is 29.6 Å². The third-order valence-electron chi connectivity index (χ3n) is 2.77. The highest BCUT2D eigenvalue weighted by Crippen LogP contribution is 2.30. The number of rotatable bonds is 6. The van der Waals surface area contributed by atoms with Crippen LogP contribution in [0.3, 0.4) is 0 Å². The number of amides is 1. The van der Waals surface area contributed by atoms with Gasteiger partial charge in [-0.05, 0) is 41.4 Å². The molecule has 5 nitrogen and oxygen atoms in total. The molecule has 1 rings (SSSR count). The van der Waals surface area contributed by atoms with Crippen LogP contribution in [0.25, 0.3) is 0 Å². The molecule has 20 heavy (non-hydrogen) atoms. The van der Waals surface area contributed by atoms with E-state index in [0.29, 0.717) is 8.95 Å². The Morgan fingerprint density at radius 1 is 1.35 bits per heavy atom. The van der Waals surface area contributed by atoms with Crippen LogP contribution in [0.1, 0.15) is 30.6 Å². The van der Waals surface area contributed by atoms with E-state index in [1.807, 2.05) is 13.8 Å². The van der Waals surface area contributed by atoms with Crippen LogP contribution in [-0.2, 0) is 4.79 Å². The zero-order valence-corrected chi connectivity index (χ0v) is 14.3. The second-order valence-electron chi connectivity index (χ2n) is 4.35. The molecule has 1 aromatic rings. The van der Waals surface area contributed by atoms with Gasteiger partial charge in [0.2, 0.25) is 5.91 Å². The zero-order valence-electron chi connectivity index (χ0n) is 11.2. The third kappa shape index (κ3) is 4.88. The summed E-state index contributed by atoms with van der Waals surface area (Å²) in [5.74, 6) is -1.38. The van der Waals surface area contributed by atoms with Crippen LogP contribution in [0.15, 0.2) is 21.1 Å². The Balaban J connectivity index is 2.86. The first kappa shape index (κ1) is 17.1. The number of hydrogen-bond acceptors (Lipinski definition) is 3. The SMILES string of the molecule is CCC(C)NCC(=O)Nc1c(Br)cc(Br)cc1C(=O)O. The number of carboxylic acids is 1. The largest absolute Gasteiger partial charge is 0.478 e. The molecule has 0 radical (unpaired) electrons. The number of nitrogens with one attached hydrogen (secondary N) is 2. The minimum Gasteiger partial charge on any atom is -0.478 e. The maximum Gasteiger partial charge on any atom is 0.337 e. The topological polar surface area (TPSA) is 78.4 Å². The second kappa shape index (κ2) is 7.75. The molecular formula is C13H16Br2N2O3. The molecule has 0 saturated heterocycles. The molecule has 0 fully saturated rings. The normalized spacial score (nSPS) is 12.0. The van der Waals surface area contributed by atoms with Crippen molar-refractivity contribution >= 4 is 49.4 Å². The van der Waals surface area contributed by atoms with E-state index >= 15 is 0 Å². The summed E-state index contributed by atoms with van der Waals surface area (Å²) in [6.45, 7) is 4.13. The van der Waals surface area contributed by atoms with E-state index in [0.717, 1.165) is 6.42 Å². The summed E-state index contributed by atoms with van der Waals surface area (Å²) >= 11 is 6.48. The van der Waals surface area contributed by atoms with Gasteiger partial charge < -0.3 is 15.7 Å². The van der Waals surface area contributed by atoms with Crippen LogP contribution < -0.4 is 10.6 Å². The fourth-order valence-electron chi connectivity index (χ4n) is 1.46. The lowest BCUT2D eigenvalue weighted by Crippen LogP contribution is -2.34. The van der Waals surface area contributed by atoms with E-state index in [4.69, 9.17) is 0 Å². The molecule has 1 atom stereocenters. The molecule has 0 aromatic heterocycles. The van der Waals surface area contributed by atoms with Gasteiger partial charge in [0.1, 0.15) is 0 Å². The van der Waals surface area contributed by atoms with Crippen LogP contribution >= 0.6 is 31.9 Å². The smallest absolute Gasteiger partial charge is 0.337 e. The fourth-order valence-corrected chi connectivity index (χ4v) is 2.79. The minimum atomic E-state index is -1.10. The molecular weight excluding hydrogens is 392 g/mol. The molecule has 110 valence electrons. The number of carbonyl (C=O) groups is 2. The highest BCUT2D eigenvalue weighted by Gasteiger charge is 2.17. The van der Waals surface area contributed by atoms with Gasteiger partial charge >= 0.3 is 5.97 Å². The van der Waals surface area contributed by atoms with E-state index in [2.05, 4.69) is 42.5 Å². The minimum absolute atomic E-state index is 0.0307. The molecule has 0 aliphatic rings. The number of aromatic carboxylic acids is 1. The Labute approximate surface area is 134 Å². The van der Waals surface area contributed by atoms with Crippen LogP contribution in [0.4, 0.5) is 5.69 Å². The van der Waals surface area contributed by atoms with Crippen molar-refractivity contribution in [2.45, 2.75) is 26.3 Å². The maximum atomic E-state index is 11.8. The lowest BCUT2D eigenvalue weighted by Gasteiger charge is -2.14. The van der Waals surface area contributed by atoms with Crippen LogP contribution in [0, 0.1) is 0 Å². The highest BCUT2D eigenvalue weighted by molar-refractivity contribution is 9.11. The third-order valence-corrected chi connectivity index (χ3v) is 3.86. The van der Waals surface area contributed by atoms with Crippen molar-refractivity contribution in [3.8, 4) is 0 Å². The summed E-state index contributed by atoms with van der Waals surface area (Å²) in [5.41, 5.74) is 0.291. The fraction of sp³-hybridized carbons (Fsp3) is 0.385. The lowest BCUT2D eigenvalue weighted by molar-refractivity contribution is -0.115. The van der Waals surface area contributed by atoms with Crippen molar-refractivity contribution in [3.05, 3.63) is 26.6 Å². The second-order valence-corrected chi connectivity index (χ2v) is 6.12. The van der Waals surface area contributed by atoms with Crippen molar-refractivity contribution in [1.82, 2.24) is 5.32 Å². The van der Waals surface area contributed by atoms with Gasteiger partial charge in [0.15, 0.2) is 0 Å². The molecule has 3 N–H and O–H groups in total. The van der Waals surface area contributed by atoms with Gasteiger partial charge in [-0.15, -0.1) is 0 Å². The van der Waals surface area contributed by atoms with Crippen molar-refractivity contribution in [2.24, 2.45) is 0 Å². The first-order chi connectivity index (χ1) is 9.35. The number of anilines is 1. The van der Waals surface area contributed by atoms with Crippen molar-refractivity contribution < 1.29 is 14.7 Å². The monoisotopic (exact) mass is 406 g/mol. The van der Waals surface area contributed by atoms with Crippen molar-refractivity contribution in [1.29, 1.82) is 0 Å². The highest BCUT2D eigenvalue weighted by atomic mass is 79.9. The van der Waals surface area contributed by atoms with Gasteiger partial charge in [0.25, 0.3) is 0 Å². The molecule has 1 aromatic carbocycles. The van der Waals surface area contributed by atoms with E-state index in [1.54, 1.807) is 6.07 Å². The van der Waals surface area contributed by atoms with E-state index in [9.17, 15) is 14.7 Å². The number of carboxylic acid groups (broad SMARTS) is 1. The van der Waals surface area contributed by atoms with Crippen molar-refractivity contribution in [3.63, 3.8) is 0 Å². The van der Waals surface area contributed by atoms with Gasteiger partial charge in [-0.25, -0.2) is 4.79 Å². The average molecular weight is 408 g/mol. The van der Waals surface area contributed by atoms with Gasteiger partial charge in [0.05, 0.1) is 17.8 Å². The molecule has 0 bridgehead atoms. The van der Waals surface area contributed by atoms with E-state index < -0.39 is 5.97 Å². The zero-order chi connectivity index (χ0) is 15.3. The summed E-state index contributed by atoms with van der Waals surface area (Å²) in [6, 6.07) is 3.36. The number of halogens is 2. The maximum absolute atomic E-state index is 11.8. The molecule has 7 heteroatoms. The van der Waals surface area contributed by atoms with E-state index in [1.165, 1.54) is 6.07 Å². The lowest BCUT2D eigenvalue weighted by atomic mass is 10.2. The van der Waals surface area contributed by atoms with Crippen molar-refractivity contribution in [2.75, 3.05) is 11.9 Å². The quantitative estimate of drug-likeness (QED) is 0.676. The summed E-state index contributed by atoms with van der Waals surface area (Å²) < 4.78 is 1.14. The predicted molar refractivity (Wildman–Crippen MR) is 85.2 cm³/mol. The first-order valence-corrected chi connectivity index (χ1v) is 7.69. The van der Waals surface area contributed by atoms with Gasteiger partial charge in [-0.3, -0.25) is 4.79 Å². The molecule has 0 heterocycles. The Hall–Kier alpha value is -0.920. The summed E-state index contributed by atoms with van der Waals surface area (Å²) in [5, 5.41) is 14.8.